The van der Waals surface area contributed by atoms with Crippen molar-refractivity contribution in [2.45, 2.75) is 25.9 Å². The molecule has 1 aliphatic heterocycles. The summed E-state index contributed by atoms with van der Waals surface area (Å²) in [4.78, 5) is 35.1. The molecule has 1 atom stereocenters. The Morgan fingerprint density at radius 3 is 3.00 bits per heavy atom. The van der Waals surface area contributed by atoms with Crippen molar-refractivity contribution in [3.8, 4) is 5.88 Å². The van der Waals surface area contributed by atoms with Gasteiger partial charge in [-0.3, -0.25) is 9.59 Å². The molecule has 1 amide bonds. The van der Waals surface area contributed by atoms with E-state index in [9.17, 15) is 9.59 Å². The maximum atomic E-state index is 12.9. The molecule has 138 valence electrons. The molecule has 1 aromatic carbocycles. The molecule has 3 aromatic rings. The summed E-state index contributed by atoms with van der Waals surface area (Å²) in [7, 11) is 0. The number of para-hydroxylation sites is 1. The monoisotopic (exact) mass is 365 g/mol. The number of aromatic nitrogens is 2. The minimum atomic E-state index is -0.301. The molecule has 0 aliphatic carbocycles. The molecule has 0 saturated carbocycles. The smallest absolute Gasteiger partial charge is 0.289 e. The Balaban J connectivity index is 1.52. The van der Waals surface area contributed by atoms with E-state index in [-0.39, 0.29) is 23.2 Å². The van der Waals surface area contributed by atoms with Crippen molar-refractivity contribution in [2.24, 2.45) is 0 Å². The third-order valence-electron chi connectivity index (χ3n) is 4.55. The highest BCUT2D eigenvalue weighted by molar-refractivity contribution is 5.93. The number of rotatable bonds is 3. The Labute approximate surface area is 155 Å². The van der Waals surface area contributed by atoms with Gasteiger partial charge in [0.15, 0.2) is 11.2 Å². The van der Waals surface area contributed by atoms with Crippen LogP contribution in [0.2, 0.25) is 0 Å². The van der Waals surface area contributed by atoms with E-state index >= 15 is 0 Å². The number of nitrogens with zero attached hydrogens (tertiary/aromatic N) is 3. The van der Waals surface area contributed by atoms with Gasteiger partial charge in [-0.1, -0.05) is 12.1 Å². The van der Waals surface area contributed by atoms with E-state index in [1.54, 1.807) is 48.4 Å². The standard InChI is InChI=1S/C20H19N3O4/c1-13-21-9-8-19(22-13)26-14-5-4-10-23(12-14)20(25)18-11-16(24)15-6-2-3-7-17(15)27-18/h2-3,6-9,11,14H,4-5,10,12H2,1H3. The second kappa shape index (κ2) is 7.19. The first kappa shape index (κ1) is 17.2. The first-order chi connectivity index (χ1) is 13.1. The fraction of sp³-hybridized carbons (Fsp3) is 0.300. The van der Waals surface area contributed by atoms with Crippen LogP contribution < -0.4 is 10.2 Å². The van der Waals surface area contributed by atoms with Crippen LogP contribution in [0, 0.1) is 6.92 Å². The van der Waals surface area contributed by atoms with Crippen molar-refractivity contribution in [3.63, 3.8) is 0 Å². The van der Waals surface area contributed by atoms with E-state index in [0.29, 0.717) is 35.8 Å². The molecule has 1 aliphatic rings. The second-order valence-corrected chi connectivity index (χ2v) is 6.55. The average Bonchev–Trinajstić information content (AvgIpc) is 2.67. The topological polar surface area (TPSA) is 85.5 Å². The number of hydrogen-bond acceptors (Lipinski definition) is 6. The highest BCUT2D eigenvalue weighted by atomic mass is 16.5. The van der Waals surface area contributed by atoms with Gasteiger partial charge in [0.2, 0.25) is 5.88 Å². The number of piperidine rings is 1. The molecule has 0 N–H and O–H groups in total. The molecule has 7 heteroatoms. The summed E-state index contributed by atoms with van der Waals surface area (Å²) in [6.07, 6.45) is 3.11. The molecule has 0 bridgehead atoms. The van der Waals surface area contributed by atoms with Crippen molar-refractivity contribution >= 4 is 16.9 Å². The largest absolute Gasteiger partial charge is 0.472 e. The van der Waals surface area contributed by atoms with Crippen molar-refractivity contribution < 1.29 is 13.9 Å². The molecule has 1 unspecified atom stereocenters. The molecule has 27 heavy (non-hydrogen) atoms. The summed E-state index contributed by atoms with van der Waals surface area (Å²) >= 11 is 0. The van der Waals surface area contributed by atoms with Gasteiger partial charge in [0, 0.05) is 24.9 Å². The van der Waals surface area contributed by atoms with Gasteiger partial charge in [0.1, 0.15) is 17.5 Å². The maximum Gasteiger partial charge on any atom is 0.289 e. The number of fused-ring (bicyclic) bond motifs is 1. The van der Waals surface area contributed by atoms with E-state index < -0.39 is 0 Å². The summed E-state index contributed by atoms with van der Waals surface area (Å²) in [5, 5.41) is 0.466. The number of carbonyl (C=O) groups excluding carboxylic acids is 1. The number of aryl methyl sites for hydroxylation is 1. The average molecular weight is 365 g/mol. The van der Waals surface area contributed by atoms with Crippen LogP contribution in [-0.2, 0) is 0 Å². The van der Waals surface area contributed by atoms with Gasteiger partial charge in [0.25, 0.3) is 5.91 Å². The van der Waals surface area contributed by atoms with Crippen LogP contribution in [0.25, 0.3) is 11.0 Å². The zero-order valence-corrected chi connectivity index (χ0v) is 14.9. The Kier molecular flexibility index (Phi) is 4.58. The van der Waals surface area contributed by atoms with Gasteiger partial charge in [-0.15, -0.1) is 0 Å². The molecule has 1 fully saturated rings. The maximum absolute atomic E-state index is 12.9. The SMILES string of the molecule is Cc1nccc(OC2CCCN(C(=O)c3cc(=O)c4ccccc4o3)C2)n1. The number of ether oxygens (including phenoxy) is 1. The molecule has 0 radical (unpaired) electrons. The van der Waals surface area contributed by atoms with Crippen LogP contribution >= 0.6 is 0 Å². The lowest BCUT2D eigenvalue weighted by Crippen LogP contribution is -2.44. The van der Waals surface area contributed by atoms with Gasteiger partial charge in [-0.25, -0.2) is 4.98 Å². The van der Waals surface area contributed by atoms with Gasteiger partial charge in [-0.05, 0) is 31.9 Å². The van der Waals surface area contributed by atoms with E-state index in [4.69, 9.17) is 9.15 Å². The predicted molar refractivity (Wildman–Crippen MR) is 98.8 cm³/mol. The lowest BCUT2D eigenvalue weighted by atomic mass is 10.1. The number of amides is 1. The van der Waals surface area contributed by atoms with E-state index in [2.05, 4.69) is 9.97 Å². The minimum Gasteiger partial charge on any atom is -0.472 e. The highest BCUT2D eigenvalue weighted by Gasteiger charge is 2.27. The van der Waals surface area contributed by atoms with Gasteiger partial charge in [-0.2, -0.15) is 4.98 Å². The lowest BCUT2D eigenvalue weighted by Gasteiger charge is -2.32. The Morgan fingerprint density at radius 1 is 1.30 bits per heavy atom. The van der Waals surface area contributed by atoms with E-state index in [1.165, 1.54) is 6.07 Å². The van der Waals surface area contributed by atoms with Crippen molar-refractivity contribution in [3.05, 3.63) is 64.4 Å². The molecular weight excluding hydrogens is 346 g/mol. The molecule has 7 nitrogen and oxygen atoms in total. The second-order valence-electron chi connectivity index (χ2n) is 6.55. The van der Waals surface area contributed by atoms with Gasteiger partial charge >= 0.3 is 0 Å². The van der Waals surface area contributed by atoms with E-state index in [1.807, 2.05) is 0 Å². The third-order valence-corrected chi connectivity index (χ3v) is 4.55. The Bertz CT molecular complexity index is 1050. The highest BCUT2D eigenvalue weighted by Crippen LogP contribution is 2.19. The third kappa shape index (κ3) is 3.67. The molecule has 2 aromatic heterocycles. The summed E-state index contributed by atoms with van der Waals surface area (Å²) in [5.41, 5.74) is 0.191. The molecule has 1 saturated heterocycles. The van der Waals surface area contributed by atoms with Crippen molar-refractivity contribution in [1.82, 2.24) is 14.9 Å². The normalized spacial score (nSPS) is 17.1. The minimum absolute atomic E-state index is 0.0530. The van der Waals surface area contributed by atoms with Crippen LogP contribution in [0.15, 0.2) is 51.8 Å². The van der Waals surface area contributed by atoms with Gasteiger partial charge < -0.3 is 14.1 Å². The first-order valence-corrected chi connectivity index (χ1v) is 8.88. The number of likely N-dealkylation sites (tertiary alicyclic amines) is 1. The molecular formula is C20H19N3O4. The summed E-state index contributed by atoms with van der Waals surface area (Å²) < 4.78 is 11.6. The molecule has 0 spiro atoms. The van der Waals surface area contributed by atoms with E-state index in [0.717, 1.165) is 12.8 Å². The van der Waals surface area contributed by atoms with Crippen LogP contribution in [0.1, 0.15) is 29.2 Å². The Morgan fingerprint density at radius 2 is 2.15 bits per heavy atom. The van der Waals surface area contributed by atoms with Crippen molar-refractivity contribution in [2.75, 3.05) is 13.1 Å². The molecule has 3 heterocycles. The van der Waals surface area contributed by atoms with Gasteiger partial charge in [0.05, 0.1) is 11.9 Å². The lowest BCUT2D eigenvalue weighted by molar-refractivity contribution is 0.0500. The predicted octanol–water partition coefficient (Wildman–Crippen LogP) is 2.58. The number of benzene rings is 1. The summed E-state index contributed by atoms with van der Waals surface area (Å²) in [5.74, 6) is 0.885. The summed E-state index contributed by atoms with van der Waals surface area (Å²) in [6.45, 7) is 2.81. The molecule has 4 rings (SSSR count). The number of carbonyl (C=O) groups is 1. The summed E-state index contributed by atoms with van der Waals surface area (Å²) in [6, 6.07) is 9.88. The number of hydrogen-bond donors (Lipinski definition) is 0. The van der Waals surface area contributed by atoms with Crippen LogP contribution in [0.5, 0.6) is 5.88 Å². The van der Waals surface area contributed by atoms with Crippen LogP contribution in [-0.4, -0.2) is 40.0 Å². The van der Waals surface area contributed by atoms with Crippen LogP contribution in [0.4, 0.5) is 0 Å². The quantitative estimate of drug-likeness (QED) is 0.709. The van der Waals surface area contributed by atoms with Crippen LogP contribution in [0.3, 0.4) is 0 Å². The fourth-order valence-corrected chi connectivity index (χ4v) is 3.25. The zero-order chi connectivity index (χ0) is 18.8. The first-order valence-electron chi connectivity index (χ1n) is 8.88. The van der Waals surface area contributed by atoms with Crippen molar-refractivity contribution in [1.29, 1.82) is 0 Å². The fourth-order valence-electron chi connectivity index (χ4n) is 3.25. The Hall–Kier alpha value is -3.22. The zero-order valence-electron chi connectivity index (χ0n) is 14.9.